The van der Waals surface area contributed by atoms with Crippen LogP contribution >= 0.6 is 0 Å². The topological polar surface area (TPSA) is 44.1 Å². The lowest BCUT2D eigenvalue weighted by Crippen LogP contribution is -2.12. The van der Waals surface area contributed by atoms with Gasteiger partial charge in [-0.3, -0.25) is 4.79 Å². The van der Waals surface area contributed by atoms with Crippen molar-refractivity contribution in [2.75, 3.05) is 7.11 Å². The molecule has 0 saturated heterocycles. The Morgan fingerprint density at radius 2 is 2.17 bits per heavy atom. The van der Waals surface area contributed by atoms with Crippen LogP contribution in [0.3, 0.4) is 0 Å². The zero-order chi connectivity index (χ0) is 13.0. The predicted molar refractivity (Wildman–Crippen MR) is 68.9 cm³/mol. The van der Waals surface area contributed by atoms with Crippen LogP contribution in [0, 0.1) is 0 Å². The molecule has 2 aromatic rings. The largest absolute Gasteiger partial charge is 0.496 e. The van der Waals surface area contributed by atoms with Crippen LogP contribution in [-0.2, 0) is 13.0 Å². The number of aromatic nitrogens is 2. The quantitative estimate of drug-likeness (QED) is 0.758. The Balaban J connectivity index is 2.21. The minimum absolute atomic E-state index is 0.00588. The lowest BCUT2D eigenvalue weighted by molar-refractivity contribution is 0.0978. The van der Waals surface area contributed by atoms with Gasteiger partial charge in [0.15, 0.2) is 5.82 Å². The molecule has 0 unspecified atom stereocenters. The van der Waals surface area contributed by atoms with Gasteiger partial charge in [-0.15, -0.1) is 0 Å². The molecule has 2 rings (SSSR count). The summed E-state index contributed by atoms with van der Waals surface area (Å²) in [7, 11) is 1.61. The van der Waals surface area contributed by atoms with Gasteiger partial charge in [0.25, 0.3) is 0 Å². The fraction of sp³-hybridized carbons (Fsp3) is 0.286. The lowest BCUT2D eigenvalue weighted by atomic mass is 10.1. The summed E-state index contributed by atoms with van der Waals surface area (Å²) in [6, 6.07) is 7.54. The van der Waals surface area contributed by atoms with Crippen molar-refractivity contribution in [3.05, 3.63) is 48.0 Å². The molecule has 0 saturated carbocycles. The van der Waals surface area contributed by atoms with E-state index in [2.05, 4.69) is 4.98 Å². The summed E-state index contributed by atoms with van der Waals surface area (Å²) in [4.78, 5) is 16.3. The molecular formula is C14H16N2O2. The molecule has 0 spiro atoms. The Kier molecular flexibility index (Phi) is 3.77. The third-order valence-corrected chi connectivity index (χ3v) is 2.85. The summed E-state index contributed by atoms with van der Waals surface area (Å²) in [5.74, 6) is 1.25. The summed E-state index contributed by atoms with van der Waals surface area (Å²) < 4.78 is 7.09. The van der Waals surface area contributed by atoms with Gasteiger partial charge >= 0.3 is 0 Å². The van der Waals surface area contributed by atoms with Crippen molar-refractivity contribution in [1.82, 2.24) is 9.55 Å². The van der Waals surface area contributed by atoms with Crippen LogP contribution in [0.15, 0.2) is 36.7 Å². The van der Waals surface area contributed by atoms with Crippen LogP contribution in [-0.4, -0.2) is 22.4 Å². The first-order chi connectivity index (χ1) is 8.76. The van der Waals surface area contributed by atoms with E-state index in [-0.39, 0.29) is 5.78 Å². The molecule has 0 aliphatic rings. The van der Waals surface area contributed by atoms with Crippen LogP contribution in [0.5, 0.6) is 5.75 Å². The molecular weight excluding hydrogens is 228 g/mol. The second kappa shape index (κ2) is 5.49. The van der Waals surface area contributed by atoms with Gasteiger partial charge in [0, 0.05) is 30.9 Å². The van der Waals surface area contributed by atoms with Crippen LogP contribution < -0.4 is 4.74 Å². The zero-order valence-corrected chi connectivity index (χ0v) is 10.6. The molecule has 4 heteroatoms. The first-order valence-electron chi connectivity index (χ1n) is 5.92. The number of nitrogens with zero attached hydrogens (tertiary/aromatic N) is 2. The third-order valence-electron chi connectivity index (χ3n) is 2.85. The summed E-state index contributed by atoms with van der Waals surface area (Å²) in [5.41, 5.74) is 0.885. The lowest BCUT2D eigenvalue weighted by Gasteiger charge is -2.08. The van der Waals surface area contributed by atoms with Gasteiger partial charge in [0.2, 0.25) is 5.78 Å². The Morgan fingerprint density at radius 1 is 1.39 bits per heavy atom. The van der Waals surface area contributed by atoms with Gasteiger partial charge in [0.05, 0.1) is 7.11 Å². The molecule has 1 aromatic carbocycles. The molecule has 1 heterocycles. The average molecular weight is 244 g/mol. The minimum atomic E-state index is 0.00588. The number of carbonyl (C=O) groups is 1. The highest BCUT2D eigenvalue weighted by atomic mass is 16.5. The summed E-state index contributed by atoms with van der Waals surface area (Å²) in [6.07, 6.45) is 3.77. The Morgan fingerprint density at radius 3 is 2.89 bits per heavy atom. The number of aryl methyl sites for hydroxylation is 1. The zero-order valence-electron chi connectivity index (χ0n) is 10.6. The van der Waals surface area contributed by atoms with Gasteiger partial charge in [0.1, 0.15) is 5.75 Å². The van der Waals surface area contributed by atoms with Crippen molar-refractivity contribution in [2.45, 2.75) is 19.9 Å². The maximum Gasteiger partial charge on any atom is 0.202 e. The second-order valence-corrected chi connectivity index (χ2v) is 3.95. The molecule has 0 radical (unpaired) electrons. The van der Waals surface area contributed by atoms with E-state index in [1.165, 1.54) is 0 Å². The van der Waals surface area contributed by atoms with Gasteiger partial charge in [-0.2, -0.15) is 0 Å². The molecule has 0 aliphatic heterocycles. The smallest absolute Gasteiger partial charge is 0.202 e. The van der Waals surface area contributed by atoms with E-state index in [4.69, 9.17) is 4.74 Å². The minimum Gasteiger partial charge on any atom is -0.496 e. The number of hydrogen-bond donors (Lipinski definition) is 0. The number of ether oxygens (including phenoxy) is 1. The molecule has 0 N–H and O–H groups in total. The van der Waals surface area contributed by atoms with Gasteiger partial charge in [-0.1, -0.05) is 18.2 Å². The average Bonchev–Trinajstić information content (AvgIpc) is 2.87. The van der Waals surface area contributed by atoms with Crippen molar-refractivity contribution in [2.24, 2.45) is 0 Å². The van der Waals surface area contributed by atoms with Crippen molar-refractivity contribution in [3.63, 3.8) is 0 Å². The van der Waals surface area contributed by atoms with Crippen molar-refractivity contribution >= 4 is 5.78 Å². The maximum absolute atomic E-state index is 12.2. The number of imidazole rings is 1. The maximum atomic E-state index is 12.2. The SMILES string of the molecule is CCn1ccnc1C(=O)Cc1ccccc1OC. The molecule has 4 nitrogen and oxygen atoms in total. The van der Waals surface area contributed by atoms with Crippen LogP contribution in [0.25, 0.3) is 0 Å². The molecule has 94 valence electrons. The van der Waals surface area contributed by atoms with Crippen molar-refractivity contribution < 1.29 is 9.53 Å². The Labute approximate surface area is 106 Å². The number of ketones is 1. The van der Waals surface area contributed by atoms with Crippen LogP contribution in [0.4, 0.5) is 0 Å². The Bertz CT molecular complexity index is 546. The summed E-state index contributed by atoms with van der Waals surface area (Å²) in [6.45, 7) is 2.73. The molecule has 0 fully saturated rings. The molecule has 0 aliphatic carbocycles. The monoisotopic (exact) mass is 244 g/mol. The standard InChI is InChI=1S/C14H16N2O2/c1-3-16-9-8-15-14(16)12(17)10-11-6-4-5-7-13(11)18-2/h4-9H,3,10H2,1-2H3. The van der Waals surface area contributed by atoms with E-state index in [0.717, 1.165) is 17.9 Å². The first-order valence-corrected chi connectivity index (χ1v) is 5.92. The molecule has 0 bridgehead atoms. The molecule has 1 aromatic heterocycles. The fourth-order valence-electron chi connectivity index (χ4n) is 1.92. The normalized spacial score (nSPS) is 10.3. The number of Topliss-reactive ketones (excluding diaryl/α,β-unsaturated/α-hetero) is 1. The van der Waals surface area contributed by atoms with Crippen molar-refractivity contribution in [1.29, 1.82) is 0 Å². The molecule has 0 atom stereocenters. The highest BCUT2D eigenvalue weighted by Gasteiger charge is 2.14. The first kappa shape index (κ1) is 12.4. The molecule has 0 amide bonds. The van der Waals surface area contributed by atoms with Crippen LogP contribution in [0.1, 0.15) is 23.1 Å². The Hall–Kier alpha value is -2.10. The van der Waals surface area contributed by atoms with Crippen molar-refractivity contribution in [3.8, 4) is 5.75 Å². The van der Waals surface area contributed by atoms with Gasteiger partial charge in [-0.25, -0.2) is 4.98 Å². The highest BCUT2D eigenvalue weighted by Crippen LogP contribution is 2.19. The molecule has 18 heavy (non-hydrogen) atoms. The van der Waals surface area contributed by atoms with E-state index >= 15 is 0 Å². The van der Waals surface area contributed by atoms with E-state index in [1.54, 1.807) is 13.3 Å². The second-order valence-electron chi connectivity index (χ2n) is 3.95. The summed E-state index contributed by atoms with van der Waals surface area (Å²) >= 11 is 0. The van der Waals surface area contributed by atoms with Crippen LogP contribution in [0.2, 0.25) is 0 Å². The van der Waals surface area contributed by atoms with Gasteiger partial charge in [-0.05, 0) is 13.0 Å². The van der Waals surface area contributed by atoms with E-state index in [1.807, 2.05) is 42.0 Å². The number of rotatable bonds is 5. The third kappa shape index (κ3) is 2.42. The van der Waals surface area contributed by atoms with E-state index in [9.17, 15) is 4.79 Å². The van der Waals surface area contributed by atoms with Gasteiger partial charge < -0.3 is 9.30 Å². The number of carbonyl (C=O) groups excluding carboxylic acids is 1. The predicted octanol–water partition coefficient (Wildman–Crippen LogP) is 2.34. The van der Waals surface area contributed by atoms with E-state index < -0.39 is 0 Å². The number of methoxy groups -OCH3 is 1. The highest BCUT2D eigenvalue weighted by molar-refractivity contribution is 5.94. The number of hydrogen-bond acceptors (Lipinski definition) is 3. The fourth-order valence-corrected chi connectivity index (χ4v) is 1.92. The number of para-hydroxylation sites is 1. The summed E-state index contributed by atoms with van der Waals surface area (Å²) in [5, 5.41) is 0. The number of benzene rings is 1. The van der Waals surface area contributed by atoms with E-state index in [0.29, 0.717) is 12.2 Å².